The molecule has 1 N–H and O–H groups in total. The van der Waals surface area contributed by atoms with Gasteiger partial charge in [-0.1, -0.05) is 30.0 Å². The Morgan fingerprint density at radius 1 is 1.12 bits per heavy atom. The van der Waals surface area contributed by atoms with Crippen molar-refractivity contribution < 1.29 is 4.74 Å². The van der Waals surface area contributed by atoms with Crippen molar-refractivity contribution in [3.63, 3.8) is 0 Å². The van der Waals surface area contributed by atoms with Crippen LogP contribution in [0.3, 0.4) is 0 Å². The molecule has 1 aromatic heterocycles. The number of aromatic nitrogens is 1. The Balaban J connectivity index is 2.30. The minimum atomic E-state index is 0.627. The number of rotatable bonds is 4. The lowest BCUT2D eigenvalue weighted by Gasteiger charge is -2.09. The number of anilines is 1. The molecule has 0 aliphatic carbocycles. The Labute approximate surface area is 105 Å². The van der Waals surface area contributed by atoms with Gasteiger partial charge in [0.1, 0.15) is 5.03 Å². The minimum absolute atomic E-state index is 0.627. The molecule has 0 saturated carbocycles. The van der Waals surface area contributed by atoms with Crippen LogP contribution in [0.5, 0.6) is 5.88 Å². The van der Waals surface area contributed by atoms with E-state index < -0.39 is 0 Å². The molecular formula is C13H14N2OS. The van der Waals surface area contributed by atoms with Crippen molar-refractivity contribution in [1.29, 1.82) is 0 Å². The molecule has 0 radical (unpaired) electrons. The zero-order valence-electron chi connectivity index (χ0n) is 9.81. The van der Waals surface area contributed by atoms with Crippen molar-refractivity contribution in [3.8, 4) is 5.88 Å². The summed E-state index contributed by atoms with van der Waals surface area (Å²) in [6.07, 6.45) is 0. The number of ether oxygens (including phenoxy) is 1. The molecule has 0 fully saturated rings. The standard InChI is InChI=1S/C13H14N2OS/c1-14-11-8-9-12(16-2)15-13(11)17-10-6-4-3-5-7-10/h3-9,14H,1-2H3. The van der Waals surface area contributed by atoms with Crippen molar-refractivity contribution in [2.75, 3.05) is 19.5 Å². The van der Waals surface area contributed by atoms with Gasteiger partial charge in [0.2, 0.25) is 5.88 Å². The van der Waals surface area contributed by atoms with Gasteiger partial charge in [0, 0.05) is 18.0 Å². The van der Waals surface area contributed by atoms with Gasteiger partial charge in [-0.05, 0) is 18.2 Å². The SMILES string of the molecule is CNc1ccc(OC)nc1Sc1ccccc1. The fourth-order valence-electron chi connectivity index (χ4n) is 1.41. The van der Waals surface area contributed by atoms with Crippen LogP contribution < -0.4 is 10.1 Å². The van der Waals surface area contributed by atoms with E-state index in [-0.39, 0.29) is 0 Å². The Hall–Kier alpha value is -1.68. The Bertz CT molecular complexity index is 488. The van der Waals surface area contributed by atoms with Crippen LogP contribution in [0.25, 0.3) is 0 Å². The third-order valence-corrected chi connectivity index (χ3v) is 3.28. The second kappa shape index (κ2) is 5.59. The lowest BCUT2D eigenvalue weighted by atomic mass is 10.4. The molecular weight excluding hydrogens is 232 g/mol. The van der Waals surface area contributed by atoms with Gasteiger partial charge in [-0.25, -0.2) is 4.98 Å². The van der Waals surface area contributed by atoms with E-state index in [1.165, 1.54) is 0 Å². The van der Waals surface area contributed by atoms with Gasteiger partial charge in [0.05, 0.1) is 12.8 Å². The molecule has 2 aromatic rings. The van der Waals surface area contributed by atoms with Crippen LogP contribution in [-0.2, 0) is 0 Å². The first kappa shape index (κ1) is 11.8. The summed E-state index contributed by atoms with van der Waals surface area (Å²) in [5.74, 6) is 0.627. The summed E-state index contributed by atoms with van der Waals surface area (Å²) >= 11 is 1.61. The van der Waals surface area contributed by atoms with E-state index in [2.05, 4.69) is 22.4 Å². The Morgan fingerprint density at radius 2 is 1.88 bits per heavy atom. The highest BCUT2D eigenvalue weighted by molar-refractivity contribution is 7.99. The highest BCUT2D eigenvalue weighted by Crippen LogP contribution is 2.32. The zero-order valence-corrected chi connectivity index (χ0v) is 10.6. The molecule has 0 spiro atoms. The molecule has 0 aliphatic rings. The van der Waals surface area contributed by atoms with Gasteiger partial charge < -0.3 is 10.1 Å². The quantitative estimate of drug-likeness (QED) is 0.897. The molecule has 0 unspecified atom stereocenters. The number of nitrogens with zero attached hydrogens (tertiary/aromatic N) is 1. The number of pyridine rings is 1. The van der Waals surface area contributed by atoms with E-state index in [1.54, 1.807) is 18.9 Å². The Kier molecular flexibility index (Phi) is 3.88. The first-order chi connectivity index (χ1) is 8.33. The average Bonchev–Trinajstić information content (AvgIpc) is 2.40. The molecule has 0 saturated heterocycles. The van der Waals surface area contributed by atoms with Crippen molar-refractivity contribution in [1.82, 2.24) is 4.98 Å². The molecule has 4 heteroatoms. The van der Waals surface area contributed by atoms with Gasteiger partial charge in [0.15, 0.2) is 0 Å². The van der Waals surface area contributed by atoms with Gasteiger partial charge >= 0.3 is 0 Å². The van der Waals surface area contributed by atoms with Crippen molar-refractivity contribution in [3.05, 3.63) is 42.5 Å². The van der Waals surface area contributed by atoms with Crippen LogP contribution in [0.15, 0.2) is 52.4 Å². The second-order valence-electron chi connectivity index (χ2n) is 3.37. The average molecular weight is 246 g/mol. The predicted molar refractivity (Wildman–Crippen MR) is 70.9 cm³/mol. The van der Waals surface area contributed by atoms with E-state index in [0.29, 0.717) is 5.88 Å². The maximum atomic E-state index is 5.14. The molecule has 0 amide bonds. The number of nitrogens with one attached hydrogen (secondary N) is 1. The van der Waals surface area contributed by atoms with Gasteiger partial charge in [-0.3, -0.25) is 0 Å². The van der Waals surface area contributed by atoms with Crippen molar-refractivity contribution in [2.24, 2.45) is 0 Å². The van der Waals surface area contributed by atoms with Gasteiger partial charge in [-0.15, -0.1) is 0 Å². The summed E-state index contributed by atoms with van der Waals surface area (Å²) in [6, 6.07) is 14.0. The van der Waals surface area contributed by atoms with Crippen LogP contribution >= 0.6 is 11.8 Å². The zero-order chi connectivity index (χ0) is 12.1. The van der Waals surface area contributed by atoms with Gasteiger partial charge in [0.25, 0.3) is 0 Å². The molecule has 88 valence electrons. The maximum Gasteiger partial charge on any atom is 0.214 e. The van der Waals surface area contributed by atoms with E-state index in [9.17, 15) is 0 Å². The first-order valence-electron chi connectivity index (χ1n) is 5.29. The number of hydrogen-bond acceptors (Lipinski definition) is 4. The number of benzene rings is 1. The molecule has 0 aliphatic heterocycles. The smallest absolute Gasteiger partial charge is 0.214 e. The summed E-state index contributed by atoms with van der Waals surface area (Å²) in [5.41, 5.74) is 1.000. The van der Waals surface area contributed by atoms with E-state index in [1.807, 2.05) is 37.4 Å². The lowest BCUT2D eigenvalue weighted by molar-refractivity contribution is 0.395. The highest BCUT2D eigenvalue weighted by atomic mass is 32.2. The topological polar surface area (TPSA) is 34.1 Å². The van der Waals surface area contributed by atoms with Crippen LogP contribution in [0.1, 0.15) is 0 Å². The molecule has 17 heavy (non-hydrogen) atoms. The summed E-state index contributed by atoms with van der Waals surface area (Å²) in [6.45, 7) is 0. The summed E-state index contributed by atoms with van der Waals surface area (Å²) in [4.78, 5) is 5.59. The van der Waals surface area contributed by atoms with Crippen LogP contribution in [-0.4, -0.2) is 19.1 Å². The third-order valence-electron chi connectivity index (χ3n) is 2.27. The Morgan fingerprint density at radius 3 is 2.53 bits per heavy atom. The molecule has 3 nitrogen and oxygen atoms in total. The monoisotopic (exact) mass is 246 g/mol. The molecule has 0 atom stereocenters. The lowest BCUT2D eigenvalue weighted by Crippen LogP contribution is -1.95. The van der Waals surface area contributed by atoms with Crippen LogP contribution in [0.4, 0.5) is 5.69 Å². The third kappa shape index (κ3) is 2.91. The first-order valence-corrected chi connectivity index (χ1v) is 6.11. The van der Waals surface area contributed by atoms with E-state index >= 15 is 0 Å². The molecule has 2 rings (SSSR count). The highest BCUT2D eigenvalue weighted by Gasteiger charge is 2.06. The minimum Gasteiger partial charge on any atom is -0.481 e. The molecule has 1 heterocycles. The predicted octanol–water partition coefficient (Wildman–Crippen LogP) is 3.28. The molecule has 0 bridgehead atoms. The number of methoxy groups -OCH3 is 1. The maximum absolute atomic E-state index is 5.14. The second-order valence-corrected chi connectivity index (χ2v) is 4.43. The summed E-state index contributed by atoms with van der Waals surface area (Å²) in [5, 5.41) is 4.04. The van der Waals surface area contributed by atoms with Crippen molar-refractivity contribution >= 4 is 17.4 Å². The number of hydrogen-bond donors (Lipinski definition) is 1. The molecule has 1 aromatic carbocycles. The fraction of sp³-hybridized carbons (Fsp3) is 0.154. The van der Waals surface area contributed by atoms with Crippen LogP contribution in [0.2, 0.25) is 0 Å². The van der Waals surface area contributed by atoms with Crippen molar-refractivity contribution in [2.45, 2.75) is 9.92 Å². The summed E-state index contributed by atoms with van der Waals surface area (Å²) in [7, 11) is 3.51. The van der Waals surface area contributed by atoms with E-state index in [0.717, 1.165) is 15.6 Å². The fourth-order valence-corrected chi connectivity index (χ4v) is 2.34. The largest absolute Gasteiger partial charge is 0.481 e. The van der Waals surface area contributed by atoms with Crippen LogP contribution in [0, 0.1) is 0 Å². The van der Waals surface area contributed by atoms with Gasteiger partial charge in [-0.2, -0.15) is 0 Å². The normalized spacial score (nSPS) is 10.0. The summed E-state index contributed by atoms with van der Waals surface area (Å²) < 4.78 is 5.14. The van der Waals surface area contributed by atoms with E-state index in [4.69, 9.17) is 4.74 Å².